The summed E-state index contributed by atoms with van der Waals surface area (Å²) < 4.78 is 5.37. The van der Waals surface area contributed by atoms with Gasteiger partial charge in [-0.2, -0.15) is 0 Å². The van der Waals surface area contributed by atoms with E-state index in [-0.39, 0.29) is 0 Å². The molecule has 0 saturated heterocycles. The smallest absolute Gasteiger partial charge is 0.122 e. The largest absolute Gasteiger partial charge is 0.496 e. The van der Waals surface area contributed by atoms with Crippen LogP contribution in [0.4, 0.5) is 0 Å². The van der Waals surface area contributed by atoms with Crippen LogP contribution in [0.1, 0.15) is 22.3 Å². The first-order chi connectivity index (χ1) is 8.11. The number of rotatable bonds is 6. The first-order valence-corrected chi connectivity index (χ1v) is 6.10. The van der Waals surface area contributed by atoms with Gasteiger partial charge in [0.1, 0.15) is 5.75 Å². The molecule has 0 aliphatic carbocycles. The average molecular weight is 236 g/mol. The number of aryl methyl sites for hydroxylation is 1. The fraction of sp³-hybridized carbons (Fsp3) is 0.571. The monoisotopic (exact) mass is 236 g/mol. The van der Waals surface area contributed by atoms with Crippen LogP contribution in [0.3, 0.4) is 0 Å². The Morgan fingerprint density at radius 3 is 2.41 bits per heavy atom. The van der Waals surface area contributed by atoms with Crippen molar-refractivity contribution < 1.29 is 4.74 Å². The number of likely N-dealkylation sites (N-methyl/N-ethyl adjacent to an activating group) is 1. The Hall–Kier alpha value is -1.06. The van der Waals surface area contributed by atoms with Crippen LogP contribution < -0.4 is 15.4 Å². The van der Waals surface area contributed by atoms with Gasteiger partial charge in [0, 0.05) is 19.6 Å². The third-order valence-electron chi connectivity index (χ3n) is 3.28. The van der Waals surface area contributed by atoms with Gasteiger partial charge < -0.3 is 15.4 Å². The zero-order chi connectivity index (χ0) is 12.8. The fourth-order valence-electron chi connectivity index (χ4n) is 2.01. The Kier molecular flexibility index (Phi) is 5.45. The standard InChI is InChI=1S/C14H24N2O/c1-10-8-14(17-5)12(3)11(2)13(10)9-16-7-6-15-4/h8,15-16H,6-7,9H2,1-5H3. The summed E-state index contributed by atoms with van der Waals surface area (Å²) in [4.78, 5) is 0. The van der Waals surface area contributed by atoms with Crippen LogP contribution in [-0.4, -0.2) is 27.2 Å². The molecule has 0 radical (unpaired) electrons. The highest BCUT2D eigenvalue weighted by Gasteiger charge is 2.09. The molecule has 0 unspecified atom stereocenters. The van der Waals surface area contributed by atoms with Crippen LogP contribution >= 0.6 is 0 Å². The Labute approximate surface area is 105 Å². The summed E-state index contributed by atoms with van der Waals surface area (Å²) in [5.41, 5.74) is 5.25. The van der Waals surface area contributed by atoms with Crippen molar-refractivity contribution in [2.24, 2.45) is 0 Å². The molecule has 1 aromatic rings. The minimum absolute atomic E-state index is 0.921. The third-order valence-corrected chi connectivity index (χ3v) is 3.28. The van der Waals surface area contributed by atoms with E-state index in [4.69, 9.17) is 4.74 Å². The number of hydrogen-bond acceptors (Lipinski definition) is 3. The number of hydrogen-bond donors (Lipinski definition) is 2. The van der Waals surface area contributed by atoms with Gasteiger partial charge in [0.25, 0.3) is 0 Å². The Balaban J connectivity index is 2.81. The SMILES string of the molecule is CNCCNCc1c(C)cc(OC)c(C)c1C. The maximum absolute atomic E-state index is 5.37. The van der Waals surface area contributed by atoms with E-state index < -0.39 is 0 Å². The van der Waals surface area contributed by atoms with Crippen molar-refractivity contribution in [3.63, 3.8) is 0 Å². The predicted octanol–water partition coefficient (Wildman–Crippen LogP) is 1.93. The van der Waals surface area contributed by atoms with Crippen molar-refractivity contribution in [3.8, 4) is 5.75 Å². The first-order valence-electron chi connectivity index (χ1n) is 6.10. The van der Waals surface area contributed by atoms with Crippen LogP contribution in [0.5, 0.6) is 5.75 Å². The van der Waals surface area contributed by atoms with E-state index >= 15 is 0 Å². The summed E-state index contributed by atoms with van der Waals surface area (Å²) in [7, 11) is 3.70. The molecule has 3 heteroatoms. The van der Waals surface area contributed by atoms with Crippen LogP contribution in [0.2, 0.25) is 0 Å². The highest BCUT2D eigenvalue weighted by atomic mass is 16.5. The molecule has 0 bridgehead atoms. The predicted molar refractivity (Wildman–Crippen MR) is 72.8 cm³/mol. The molecule has 1 rings (SSSR count). The van der Waals surface area contributed by atoms with Gasteiger partial charge in [-0.25, -0.2) is 0 Å². The maximum Gasteiger partial charge on any atom is 0.122 e. The van der Waals surface area contributed by atoms with Crippen molar-refractivity contribution in [1.82, 2.24) is 10.6 Å². The molecule has 0 aliphatic heterocycles. The number of methoxy groups -OCH3 is 1. The molecule has 0 saturated carbocycles. The van der Waals surface area contributed by atoms with Gasteiger partial charge in [0.2, 0.25) is 0 Å². The summed E-state index contributed by atoms with van der Waals surface area (Å²) in [6.45, 7) is 9.33. The quantitative estimate of drug-likeness (QED) is 0.740. The van der Waals surface area contributed by atoms with Crippen molar-refractivity contribution in [2.75, 3.05) is 27.2 Å². The minimum Gasteiger partial charge on any atom is -0.496 e. The van der Waals surface area contributed by atoms with Gasteiger partial charge in [0.05, 0.1) is 7.11 Å². The van der Waals surface area contributed by atoms with Crippen LogP contribution in [0, 0.1) is 20.8 Å². The van der Waals surface area contributed by atoms with Gasteiger partial charge in [-0.15, -0.1) is 0 Å². The lowest BCUT2D eigenvalue weighted by Gasteiger charge is -2.16. The van der Waals surface area contributed by atoms with E-state index in [0.29, 0.717) is 0 Å². The second kappa shape index (κ2) is 6.62. The summed E-state index contributed by atoms with van der Waals surface area (Å²) >= 11 is 0. The second-order valence-electron chi connectivity index (χ2n) is 4.40. The van der Waals surface area contributed by atoms with Gasteiger partial charge in [0.15, 0.2) is 0 Å². The van der Waals surface area contributed by atoms with Crippen LogP contribution in [0.25, 0.3) is 0 Å². The minimum atomic E-state index is 0.921. The molecule has 2 N–H and O–H groups in total. The zero-order valence-corrected chi connectivity index (χ0v) is 11.6. The van der Waals surface area contributed by atoms with Crippen molar-refractivity contribution in [2.45, 2.75) is 27.3 Å². The Morgan fingerprint density at radius 2 is 1.82 bits per heavy atom. The Morgan fingerprint density at radius 1 is 1.12 bits per heavy atom. The van der Waals surface area contributed by atoms with E-state index in [0.717, 1.165) is 25.4 Å². The molecule has 0 amide bonds. The van der Waals surface area contributed by atoms with Gasteiger partial charge >= 0.3 is 0 Å². The average Bonchev–Trinajstić information content (AvgIpc) is 2.32. The molecule has 1 aromatic carbocycles. The molecule has 0 heterocycles. The van der Waals surface area contributed by atoms with E-state index in [9.17, 15) is 0 Å². The molecular weight excluding hydrogens is 212 g/mol. The molecule has 3 nitrogen and oxygen atoms in total. The van der Waals surface area contributed by atoms with E-state index in [2.05, 4.69) is 37.5 Å². The summed E-state index contributed by atoms with van der Waals surface area (Å²) in [5.74, 6) is 0.985. The van der Waals surface area contributed by atoms with Crippen LogP contribution in [-0.2, 0) is 6.54 Å². The van der Waals surface area contributed by atoms with Gasteiger partial charge in [-0.1, -0.05) is 0 Å². The summed E-state index contributed by atoms with van der Waals surface area (Å²) in [6.07, 6.45) is 0. The van der Waals surface area contributed by atoms with Crippen LogP contribution in [0.15, 0.2) is 6.07 Å². The highest BCUT2D eigenvalue weighted by molar-refractivity contribution is 5.48. The fourth-order valence-corrected chi connectivity index (χ4v) is 2.01. The Bertz CT molecular complexity index is 375. The topological polar surface area (TPSA) is 33.3 Å². The molecular formula is C14H24N2O. The van der Waals surface area contributed by atoms with Crippen molar-refractivity contribution >= 4 is 0 Å². The lowest BCUT2D eigenvalue weighted by molar-refractivity contribution is 0.410. The number of benzene rings is 1. The second-order valence-corrected chi connectivity index (χ2v) is 4.40. The normalized spacial score (nSPS) is 10.6. The lowest BCUT2D eigenvalue weighted by Crippen LogP contribution is -2.25. The van der Waals surface area contributed by atoms with E-state index in [1.807, 2.05) is 7.05 Å². The maximum atomic E-state index is 5.37. The molecule has 17 heavy (non-hydrogen) atoms. The molecule has 0 fully saturated rings. The number of nitrogens with one attached hydrogen (secondary N) is 2. The van der Waals surface area contributed by atoms with E-state index in [1.54, 1.807) is 7.11 Å². The van der Waals surface area contributed by atoms with Gasteiger partial charge in [-0.05, 0) is 56.1 Å². The summed E-state index contributed by atoms with van der Waals surface area (Å²) in [5, 5.41) is 6.58. The summed E-state index contributed by atoms with van der Waals surface area (Å²) in [6, 6.07) is 2.12. The number of ether oxygens (including phenoxy) is 1. The van der Waals surface area contributed by atoms with Gasteiger partial charge in [-0.3, -0.25) is 0 Å². The molecule has 0 aliphatic rings. The van der Waals surface area contributed by atoms with E-state index in [1.165, 1.54) is 22.3 Å². The highest BCUT2D eigenvalue weighted by Crippen LogP contribution is 2.27. The molecule has 96 valence electrons. The van der Waals surface area contributed by atoms with Crippen molar-refractivity contribution in [3.05, 3.63) is 28.3 Å². The lowest BCUT2D eigenvalue weighted by atomic mass is 9.97. The van der Waals surface area contributed by atoms with Crippen molar-refractivity contribution in [1.29, 1.82) is 0 Å². The zero-order valence-electron chi connectivity index (χ0n) is 11.6. The first kappa shape index (κ1) is 14.0. The molecule has 0 atom stereocenters. The molecule has 0 spiro atoms. The third kappa shape index (κ3) is 3.45. The molecule has 0 aromatic heterocycles.